The molecule has 0 bridgehead atoms. The number of hydrogen-bond acceptors (Lipinski definition) is 4. The third-order valence-electron chi connectivity index (χ3n) is 4.66. The minimum Gasteiger partial charge on any atom is -0.319 e. The summed E-state index contributed by atoms with van der Waals surface area (Å²) in [6.45, 7) is 5.15. The van der Waals surface area contributed by atoms with E-state index in [0.717, 1.165) is 0 Å². The van der Waals surface area contributed by atoms with Crippen LogP contribution < -0.4 is 5.32 Å². The van der Waals surface area contributed by atoms with Crippen LogP contribution in [0.2, 0.25) is 5.02 Å². The number of benzene rings is 2. The summed E-state index contributed by atoms with van der Waals surface area (Å²) in [4.78, 5) is 23.2. The van der Waals surface area contributed by atoms with Crippen molar-refractivity contribution < 1.29 is 14.1 Å². The molecule has 7 nitrogen and oxygen atoms in total. The first kappa shape index (κ1) is 20.5. The molecule has 0 radical (unpaired) electrons. The average molecular weight is 417 g/mol. The molecular formula is C20H18ClFN4O3. The zero-order valence-corrected chi connectivity index (χ0v) is 16.7. The van der Waals surface area contributed by atoms with Gasteiger partial charge in [-0.05, 0) is 39.0 Å². The van der Waals surface area contributed by atoms with Gasteiger partial charge in [0.05, 0.1) is 28.5 Å². The Morgan fingerprint density at radius 1 is 1.28 bits per heavy atom. The van der Waals surface area contributed by atoms with Crippen LogP contribution in [0.15, 0.2) is 36.4 Å². The van der Waals surface area contributed by atoms with Gasteiger partial charge >= 0.3 is 0 Å². The SMILES string of the molecule is Cc1ccc(C(=O)Nc2c(C)nn(Cc3c(F)cccc3Cl)c2C)cc1[N+](=O)[O-]. The fraction of sp³-hybridized carbons (Fsp3) is 0.200. The van der Waals surface area contributed by atoms with Crippen LogP contribution in [-0.2, 0) is 6.54 Å². The number of nitrogens with zero attached hydrogens (tertiary/aromatic N) is 3. The lowest BCUT2D eigenvalue weighted by Crippen LogP contribution is -2.14. The average Bonchev–Trinajstić information content (AvgIpc) is 2.92. The zero-order chi connectivity index (χ0) is 21.3. The Hall–Kier alpha value is -3.26. The maximum absolute atomic E-state index is 14.1. The first-order chi connectivity index (χ1) is 13.7. The van der Waals surface area contributed by atoms with Gasteiger partial charge in [-0.15, -0.1) is 0 Å². The van der Waals surface area contributed by atoms with E-state index in [9.17, 15) is 19.3 Å². The minimum atomic E-state index is -0.529. The van der Waals surface area contributed by atoms with E-state index >= 15 is 0 Å². The summed E-state index contributed by atoms with van der Waals surface area (Å²) >= 11 is 6.09. The molecule has 0 aliphatic heterocycles. The van der Waals surface area contributed by atoms with Gasteiger partial charge in [0.15, 0.2) is 0 Å². The number of anilines is 1. The molecule has 1 aromatic heterocycles. The molecule has 150 valence electrons. The third kappa shape index (κ3) is 4.12. The quantitative estimate of drug-likeness (QED) is 0.477. The van der Waals surface area contributed by atoms with E-state index in [2.05, 4.69) is 10.4 Å². The number of hydrogen-bond donors (Lipinski definition) is 1. The number of nitro groups is 1. The Kier molecular flexibility index (Phi) is 5.65. The number of amides is 1. The van der Waals surface area contributed by atoms with Gasteiger partial charge in [0, 0.05) is 27.8 Å². The van der Waals surface area contributed by atoms with Gasteiger partial charge in [-0.1, -0.05) is 23.7 Å². The molecule has 0 spiro atoms. The number of aromatic nitrogens is 2. The van der Waals surface area contributed by atoms with Crippen LogP contribution in [0, 0.1) is 36.7 Å². The molecule has 1 heterocycles. The van der Waals surface area contributed by atoms with Crippen molar-refractivity contribution >= 4 is 28.9 Å². The number of nitrogens with one attached hydrogen (secondary N) is 1. The van der Waals surface area contributed by atoms with Crippen LogP contribution in [0.3, 0.4) is 0 Å². The maximum Gasteiger partial charge on any atom is 0.273 e. The van der Waals surface area contributed by atoms with E-state index in [0.29, 0.717) is 28.2 Å². The van der Waals surface area contributed by atoms with Crippen molar-refractivity contribution in [3.05, 3.63) is 85.4 Å². The summed E-state index contributed by atoms with van der Waals surface area (Å²) in [5, 5.41) is 18.5. The van der Waals surface area contributed by atoms with Gasteiger partial charge in [0.2, 0.25) is 0 Å². The van der Waals surface area contributed by atoms with Crippen molar-refractivity contribution in [1.29, 1.82) is 0 Å². The van der Waals surface area contributed by atoms with Gasteiger partial charge < -0.3 is 5.32 Å². The fourth-order valence-electron chi connectivity index (χ4n) is 3.00. The van der Waals surface area contributed by atoms with Gasteiger partial charge in [0.25, 0.3) is 11.6 Å². The number of halogens is 2. The molecule has 0 saturated carbocycles. The second-order valence-electron chi connectivity index (χ2n) is 6.62. The minimum absolute atomic E-state index is 0.101. The molecule has 1 N–H and O–H groups in total. The number of carbonyl (C=O) groups excluding carboxylic acids is 1. The maximum atomic E-state index is 14.1. The van der Waals surface area contributed by atoms with Crippen molar-refractivity contribution in [3.63, 3.8) is 0 Å². The standard InChI is InChI=1S/C20H18ClFN4O3/c1-11-7-8-14(9-18(11)26(28)29)20(27)23-19-12(2)24-25(13(19)3)10-15-16(21)5-4-6-17(15)22/h4-9H,10H2,1-3H3,(H,23,27). The van der Waals surface area contributed by atoms with Crippen LogP contribution >= 0.6 is 11.6 Å². The molecule has 0 aliphatic rings. The molecule has 2 aromatic carbocycles. The first-order valence-corrected chi connectivity index (χ1v) is 9.10. The van der Waals surface area contributed by atoms with Gasteiger partial charge in [-0.3, -0.25) is 19.6 Å². The van der Waals surface area contributed by atoms with Crippen molar-refractivity contribution in [2.45, 2.75) is 27.3 Å². The Balaban J connectivity index is 1.88. The Bertz CT molecular complexity index is 1110. The Labute approximate surface area is 171 Å². The predicted molar refractivity (Wildman–Crippen MR) is 108 cm³/mol. The van der Waals surface area contributed by atoms with Crippen LogP contribution in [0.4, 0.5) is 15.8 Å². The molecular weight excluding hydrogens is 399 g/mol. The normalized spacial score (nSPS) is 10.8. The molecule has 0 unspecified atom stereocenters. The molecule has 3 rings (SSSR count). The van der Waals surface area contributed by atoms with Gasteiger partial charge in [-0.2, -0.15) is 5.10 Å². The number of rotatable bonds is 5. The molecule has 0 atom stereocenters. The third-order valence-corrected chi connectivity index (χ3v) is 5.01. The van der Waals surface area contributed by atoms with Gasteiger partial charge in [0.1, 0.15) is 5.82 Å². The monoisotopic (exact) mass is 416 g/mol. The highest BCUT2D eigenvalue weighted by Crippen LogP contribution is 2.26. The molecule has 3 aromatic rings. The summed E-state index contributed by atoms with van der Waals surface area (Å²) in [5.74, 6) is -0.939. The van der Waals surface area contributed by atoms with E-state index in [1.165, 1.54) is 30.3 Å². The van der Waals surface area contributed by atoms with E-state index < -0.39 is 16.6 Å². The van der Waals surface area contributed by atoms with Crippen LogP contribution in [0.5, 0.6) is 0 Å². The lowest BCUT2D eigenvalue weighted by atomic mass is 10.1. The largest absolute Gasteiger partial charge is 0.319 e. The highest BCUT2D eigenvalue weighted by Gasteiger charge is 2.19. The molecule has 0 fully saturated rings. The van der Waals surface area contributed by atoms with E-state index in [1.54, 1.807) is 31.5 Å². The van der Waals surface area contributed by atoms with Crippen molar-refractivity contribution in [2.24, 2.45) is 0 Å². The zero-order valence-electron chi connectivity index (χ0n) is 16.0. The van der Waals surface area contributed by atoms with Crippen LogP contribution in [0.25, 0.3) is 0 Å². The predicted octanol–water partition coefficient (Wildman–Crippen LogP) is 4.81. The molecule has 9 heteroatoms. The van der Waals surface area contributed by atoms with E-state index in [1.807, 2.05) is 0 Å². The molecule has 29 heavy (non-hydrogen) atoms. The lowest BCUT2D eigenvalue weighted by Gasteiger charge is -2.09. The summed E-state index contributed by atoms with van der Waals surface area (Å²) < 4.78 is 15.6. The highest BCUT2D eigenvalue weighted by molar-refractivity contribution is 6.31. The smallest absolute Gasteiger partial charge is 0.273 e. The highest BCUT2D eigenvalue weighted by atomic mass is 35.5. The Morgan fingerprint density at radius 2 is 2.00 bits per heavy atom. The second kappa shape index (κ2) is 8.00. The molecule has 0 saturated heterocycles. The molecule has 0 aliphatic carbocycles. The summed E-state index contributed by atoms with van der Waals surface area (Å²) in [6, 6.07) is 8.72. The topological polar surface area (TPSA) is 90.1 Å². The lowest BCUT2D eigenvalue weighted by molar-refractivity contribution is -0.385. The number of nitro benzene ring substituents is 1. The second-order valence-corrected chi connectivity index (χ2v) is 7.02. The number of carbonyl (C=O) groups is 1. The van der Waals surface area contributed by atoms with Crippen molar-refractivity contribution in [1.82, 2.24) is 9.78 Å². The summed E-state index contributed by atoms with van der Waals surface area (Å²) in [7, 11) is 0. The van der Waals surface area contributed by atoms with Crippen molar-refractivity contribution in [2.75, 3.05) is 5.32 Å². The Morgan fingerprint density at radius 3 is 2.66 bits per heavy atom. The number of aryl methyl sites for hydroxylation is 2. The van der Waals surface area contributed by atoms with Crippen molar-refractivity contribution in [3.8, 4) is 0 Å². The summed E-state index contributed by atoms with van der Waals surface area (Å²) in [6.07, 6.45) is 0. The fourth-order valence-corrected chi connectivity index (χ4v) is 3.22. The summed E-state index contributed by atoms with van der Waals surface area (Å²) in [5.41, 5.74) is 2.40. The molecule has 1 amide bonds. The van der Waals surface area contributed by atoms with E-state index in [-0.39, 0.29) is 22.8 Å². The van der Waals surface area contributed by atoms with Crippen LogP contribution in [-0.4, -0.2) is 20.6 Å². The van der Waals surface area contributed by atoms with Gasteiger partial charge in [-0.25, -0.2) is 4.39 Å². The first-order valence-electron chi connectivity index (χ1n) is 8.72. The van der Waals surface area contributed by atoms with E-state index in [4.69, 9.17) is 11.6 Å². The van der Waals surface area contributed by atoms with Crippen LogP contribution in [0.1, 0.15) is 32.9 Å².